The molecule has 2 aliphatic rings. The van der Waals surface area contributed by atoms with Gasteiger partial charge in [0.05, 0.1) is 23.5 Å². The van der Waals surface area contributed by atoms with Crippen molar-refractivity contribution in [2.45, 2.75) is 12.8 Å². The second-order valence-corrected chi connectivity index (χ2v) is 17.9. The molecule has 2 unspecified atom stereocenters. The van der Waals surface area contributed by atoms with Crippen molar-refractivity contribution < 1.29 is 56.3 Å². The highest BCUT2D eigenvalue weighted by molar-refractivity contribution is 7.68. The summed E-state index contributed by atoms with van der Waals surface area (Å²) in [5, 5.41) is 0.952. The van der Waals surface area contributed by atoms with Crippen LogP contribution in [0.2, 0.25) is 0 Å². The Labute approximate surface area is 317 Å². The quantitative estimate of drug-likeness (QED) is 0.0518. The molecule has 0 radical (unpaired) electrons. The summed E-state index contributed by atoms with van der Waals surface area (Å²) in [6.45, 7) is 4.62. The number of carbonyl (C=O) groups is 4. The van der Waals surface area contributed by atoms with Crippen LogP contribution in [-0.2, 0) is 47.3 Å². The Morgan fingerprint density at radius 1 is 0.527 bits per heavy atom. The van der Waals surface area contributed by atoms with Gasteiger partial charge in [0.15, 0.2) is 0 Å². The monoisotopic (exact) mass is 784 g/mol. The summed E-state index contributed by atoms with van der Waals surface area (Å²) in [7, 11) is -7.14. The Hall–Kier alpha value is -5.70. The van der Waals surface area contributed by atoms with Gasteiger partial charge >= 0.3 is 23.9 Å². The highest BCUT2D eigenvalue weighted by atomic mass is 31.2. The fraction of sp³-hybridized carbons (Fsp3) is 0.220. The Morgan fingerprint density at radius 2 is 0.873 bits per heavy atom. The van der Waals surface area contributed by atoms with Crippen molar-refractivity contribution in [1.82, 2.24) is 0 Å². The molecule has 2 aliphatic heterocycles. The molecule has 284 valence electrons. The second kappa shape index (κ2) is 16.8. The summed E-state index contributed by atoms with van der Waals surface area (Å²) in [6.07, 6.45) is 0.781. The Kier molecular flexibility index (Phi) is 11.9. The zero-order chi connectivity index (χ0) is 39.1. The zero-order valence-electron chi connectivity index (χ0n) is 29.8. The lowest BCUT2D eigenvalue weighted by Gasteiger charge is -2.32. The molecule has 4 aromatic rings. The molecule has 4 aromatic carbocycles. The van der Waals surface area contributed by atoms with E-state index in [9.17, 15) is 28.3 Å². The van der Waals surface area contributed by atoms with Crippen LogP contribution >= 0.6 is 14.7 Å². The molecule has 0 fully saturated rings. The van der Waals surface area contributed by atoms with Crippen molar-refractivity contribution >= 4 is 49.2 Å². The first kappa shape index (κ1) is 39.0. The van der Waals surface area contributed by atoms with E-state index in [1.54, 1.807) is 48.5 Å². The van der Waals surface area contributed by atoms with Crippen LogP contribution in [0.1, 0.15) is 12.8 Å². The van der Waals surface area contributed by atoms with Gasteiger partial charge in [-0.1, -0.05) is 86.0 Å². The van der Waals surface area contributed by atoms with Gasteiger partial charge in [0.2, 0.25) is 0 Å². The van der Waals surface area contributed by atoms with Crippen molar-refractivity contribution in [3.63, 3.8) is 0 Å². The lowest BCUT2D eigenvalue weighted by Crippen LogP contribution is -2.44. The number of fused-ring (bicyclic) bond motifs is 6. The summed E-state index contributed by atoms with van der Waals surface area (Å²) >= 11 is 0. The second-order valence-electron chi connectivity index (χ2n) is 12.9. The summed E-state index contributed by atoms with van der Waals surface area (Å²) in [5.74, 6) is -2.39. The Balaban J connectivity index is 1.15. The SMILES string of the molecule is C=CC(=O)OCC(COC(=O)C=C)(COC(=O)CCP1(=O)Oc2ccccc2-c2ccccc21)COC(=O)CCP1(=O)Oc2ccccc2-c2ccccc21. The van der Waals surface area contributed by atoms with Crippen molar-refractivity contribution in [3.05, 3.63) is 122 Å². The Morgan fingerprint density at radius 3 is 1.27 bits per heavy atom. The topological polar surface area (TPSA) is 158 Å². The van der Waals surface area contributed by atoms with E-state index in [1.165, 1.54) is 0 Å². The van der Waals surface area contributed by atoms with Gasteiger partial charge in [0, 0.05) is 35.6 Å². The zero-order valence-corrected chi connectivity index (χ0v) is 31.5. The molecule has 2 atom stereocenters. The van der Waals surface area contributed by atoms with Gasteiger partial charge in [-0.25, -0.2) is 9.59 Å². The van der Waals surface area contributed by atoms with Crippen LogP contribution in [0.15, 0.2) is 122 Å². The number of hydrogen-bond donors (Lipinski definition) is 0. The maximum Gasteiger partial charge on any atom is 0.330 e. The van der Waals surface area contributed by atoms with Crippen LogP contribution in [0.25, 0.3) is 22.3 Å². The molecule has 2 heterocycles. The van der Waals surface area contributed by atoms with E-state index in [0.717, 1.165) is 34.4 Å². The third kappa shape index (κ3) is 8.83. The summed E-state index contributed by atoms with van der Waals surface area (Å²) in [6, 6.07) is 28.6. The molecular formula is C41H38O12P2. The molecule has 0 saturated heterocycles. The molecule has 12 nitrogen and oxygen atoms in total. The predicted octanol–water partition coefficient (Wildman–Crippen LogP) is 6.62. The number of esters is 4. The van der Waals surface area contributed by atoms with E-state index in [0.29, 0.717) is 22.1 Å². The minimum atomic E-state index is -3.57. The largest absolute Gasteiger partial charge is 0.465 e. The van der Waals surface area contributed by atoms with Crippen molar-refractivity contribution in [2.75, 3.05) is 38.8 Å². The van der Waals surface area contributed by atoms with Crippen molar-refractivity contribution in [1.29, 1.82) is 0 Å². The normalized spacial score (nSPS) is 17.6. The van der Waals surface area contributed by atoms with Crippen LogP contribution in [0.4, 0.5) is 0 Å². The van der Waals surface area contributed by atoms with Gasteiger partial charge in [0.1, 0.15) is 43.3 Å². The lowest BCUT2D eigenvalue weighted by atomic mass is 9.92. The van der Waals surface area contributed by atoms with Crippen molar-refractivity contribution in [2.24, 2.45) is 5.41 Å². The third-order valence-electron chi connectivity index (χ3n) is 9.06. The summed E-state index contributed by atoms with van der Waals surface area (Å²) in [5.41, 5.74) is 1.44. The molecule has 0 amide bonds. The number of benzene rings is 4. The molecule has 14 heteroatoms. The van der Waals surface area contributed by atoms with Gasteiger partial charge in [-0.15, -0.1) is 0 Å². The molecule has 0 aromatic heterocycles. The molecule has 6 rings (SSSR count). The van der Waals surface area contributed by atoms with E-state index in [4.69, 9.17) is 28.0 Å². The fourth-order valence-electron chi connectivity index (χ4n) is 6.19. The maximum absolute atomic E-state index is 14.2. The number of para-hydroxylation sites is 2. The van der Waals surface area contributed by atoms with Crippen LogP contribution < -0.4 is 19.7 Å². The number of ether oxygens (including phenoxy) is 4. The predicted molar refractivity (Wildman–Crippen MR) is 205 cm³/mol. The highest BCUT2D eigenvalue weighted by Gasteiger charge is 2.41. The number of carbonyl (C=O) groups excluding carboxylic acids is 4. The van der Waals surface area contributed by atoms with Crippen LogP contribution in [0, 0.1) is 5.41 Å². The van der Waals surface area contributed by atoms with E-state index < -0.39 is 70.5 Å². The first-order valence-corrected chi connectivity index (χ1v) is 21.0. The molecule has 0 spiro atoms. The third-order valence-corrected chi connectivity index (χ3v) is 13.9. The first-order valence-electron chi connectivity index (χ1n) is 17.3. The number of hydrogen-bond acceptors (Lipinski definition) is 12. The number of rotatable bonds is 16. The molecular weight excluding hydrogens is 746 g/mol. The lowest BCUT2D eigenvalue weighted by molar-refractivity contribution is -0.167. The summed E-state index contributed by atoms with van der Waals surface area (Å²) < 4.78 is 62.2. The van der Waals surface area contributed by atoms with Crippen LogP contribution in [0.3, 0.4) is 0 Å². The van der Waals surface area contributed by atoms with Gasteiger partial charge in [-0.3, -0.25) is 18.7 Å². The van der Waals surface area contributed by atoms with E-state index in [-0.39, 0.29) is 25.2 Å². The molecule has 55 heavy (non-hydrogen) atoms. The summed E-state index contributed by atoms with van der Waals surface area (Å²) in [4.78, 5) is 50.8. The van der Waals surface area contributed by atoms with E-state index in [2.05, 4.69) is 13.2 Å². The molecule has 0 bridgehead atoms. The first-order chi connectivity index (χ1) is 26.5. The minimum Gasteiger partial charge on any atom is -0.465 e. The smallest absolute Gasteiger partial charge is 0.330 e. The van der Waals surface area contributed by atoms with E-state index >= 15 is 0 Å². The molecule has 0 saturated carbocycles. The van der Waals surface area contributed by atoms with Crippen LogP contribution in [0.5, 0.6) is 11.5 Å². The van der Waals surface area contributed by atoms with E-state index in [1.807, 2.05) is 48.5 Å². The van der Waals surface area contributed by atoms with Gasteiger partial charge in [-0.05, 0) is 35.4 Å². The minimum absolute atomic E-state index is 0.189. The van der Waals surface area contributed by atoms with Gasteiger partial charge in [0.25, 0.3) is 14.7 Å². The fourth-order valence-corrected chi connectivity index (χ4v) is 10.7. The molecule has 0 N–H and O–H groups in total. The standard InChI is InChI=1S/C41H38O12P2/c1-3-37(42)48-25-41(26-49-38(43)4-2,27-50-39(44)21-23-54(46)35-19-11-7-15-31(35)29-13-5-9-17-33(29)52-54)28-51-40(45)22-24-55(47)36-20-12-8-16-32(36)30-14-6-10-18-34(30)53-55/h3-20H,1-2,21-28H2. The molecule has 0 aliphatic carbocycles. The Bertz CT molecular complexity index is 2090. The van der Waals surface area contributed by atoms with Gasteiger partial charge in [-0.2, -0.15) is 0 Å². The van der Waals surface area contributed by atoms with Gasteiger partial charge < -0.3 is 28.0 Å². The maximum atomic E-state index is 14.2. The average molecular weight is 785 g/mol. The average Bonchev–Trinajstić information content (AvgIpc) is 3.21. The van der Waals surface area contributed by atoms with Crippen molar-refractivity contribution in [3.8, 4) is 33.8 Å². The highest BCUT2D eigenvalue weighted by Crippen LogP contribution is 2.56. The van der Waals surface area contributed by atoms with Crippen LogP contribution in [-0.4, -0.2) is 62.6 Å².